The largest absolute Gasteiger partial charge is 0.438 e. The van der Waals surface area contributed by atoms with Crippen LogP contribution in [0.4, 0.5) is 28.9 Å². The molecule has 3 heterocycles. The van der Waals surface area contributed by atoms with Gasteiger partial charge >= 0.3 is 6.18 Å². The molecule has 0 spiro atoms. The van der Waals surface area contributed by atoms with Gasteiger partial charge < -0.3 is 19.4 Å². The molecule has 0 unspecified atom stereocenters. The van der Waals surface area contributed by atoms with Crippen molar-refractivity contribution < 1.29 is 35.5 Å². The minimum Gasteiger partial charge on any atom is -0.438 e. The molecule has 15 heteroatoms. The zero-order valence-corrected chi connectivity index (χ0v) is 28.8. The van der Waals surface area contributed by atoms with E-state index < -0.39 is 33.5 Å². The number of carbonyl (C=O) groups excluding carboxylic acids is 1. The number of carbonyl (C=O) groups is 1. The summed E-state index contributed by atoms with van der Waals surface area (Å²) in [5.41, 5.74) is 1.27. The maximum absolute atomic E-state index is 14.4. The summed E-state index contributed by atoms with van der Waals surface area (Å²) in [6.07, 6.45) is -3.20. The molecule has 2 saturated heterocycles. The number of amides is 1. The van der Waals surface area contributed by atoms with E-state index in [1.54, 1.807) is 41.3 Å². The molecule has 2 aliphatic rings. The zero-order valence-electron chi connectivity index (χ0n) is 27.9. The first-order valence-corrected chi connectivity index (χ1v) is 18.4. The van der Waals surface area contributed by atoms with Crippen LogP contribution in [0.2, 0.25) is 0 Å². The van der Waals surface area contributed by atoms with E-state index in [0.717, 1.165) is 37.3 Å². The first kappa shape index (κ1) is 36.0. The van der Waals surface area contributed by atoms with Crippen molar-refractivity contribution >= 4 is 27.3 Å². The van der Waals surface area contributed by atoms with Crippen LogP contribution in [0.25, 0.3) is 0 Å². The van der Waals surface area contributed by atoms with E-state index in [2.05, 4.69) is 31.6 Å². The van der Waals surface area contributed by atoms with Gasteiger partial charge in [0, 0.05) is 56.5 Å². The molecule has 0 aliphatic carbocycles. The topological polar surface area (TPSA) is 108 Å². The molecule has 1 amide bonds. The maximum atomic E-state index is 14.4. The maximum Gasteiger partial charge on any atom is 0.435 e. The fraction of sp³-hybridized carbons (Fsp3) is 0.361. The Kier molecular flexibility index (Phi) is 10.8. The average molecular weight is 727 g/mol. The molecule has 4 aromatic rings. The first-order valence-electron chi connectivity index (χ1n) is 16.7. The fourth-order valence-electron chi connectivity index (χ4n) is 6.41. The average Bonchev–Trinajstić information content (AvgIpc) is 3.12. The lowest BCUT2D eigenvalue weighted by molar-refractivity contribution is -0.141. The number of likely N-dealkylation sites (tertiary alicyclic amines) is 1. The molecular weight excluding hydrogens is 688 g/mol. The summed E-state index contributed by atoms with van der Waals surface area (Å²) in [7, 11) is -4.03. The van der Waals surface area contributed by atoms with Crippen LogP contribution in [-0.4, -0.2) is 80.1 Å². The summed E-state index contributed by atoms with van der Waals surface area (Å²) >= 11 is 0. The van der Waals surface area contributed by atoms with Gasteiger partial charge in [-0.3, -0.25) is 9.52 Å². The second-order valence-electron chi connectivity index (χ2n) is 12.6. The second-order valence-corrected chi connectivity index (χ2v) is 14.3. The Bertz CT molecular complexity index is 1930. The normalized spacial score (nSPS) is 16.3. The molecule has 0 atom stereocenters. The summed E-state index contributed by atoms with van der Waals surface area (Å²) in [4.78, 5) is 19.9. The number of piperidine rings is 1. The van der Waals surface area contributed by atoms with E-state index in [9.17, 15) is 30.8 Å². The molecule has 0 saturated carbocycles. The van der Waals surface area contributed by atoms with Crippen LogP contribution in [0.1, 0.15) is 52.9 Å². The Hall–Kier alpha value is -4.76. The monoisotopic (exact) mass is 726 g/mol. The number of nitrogens with zero attached hydrogens (tertiary/aromatic N) is 5. The van der Waals surface area contributed by atoms with Crippen molar-refractivity contribution in [3.63, 3.8) is 0 Å². The molecule has 6 rings (SSSR count). The highest BCUT2D eigenvalue weighted by atomic mass is 32.2. The number of nitrogens with one attached hydrogen (secondary N) is 1. The number of ether oxygens (including phenoxy) is 1. The van der Waals surface area contributed by atoms with E-state index in [-0.39, 0.29) is 29.0 Å². The molecule has 1 aromatic heterocycles. The number of likely N-dealkylation sites (N-methyl/N-ethyl adjacent to an activating group) is 1. The lowest BCUT2D eigenvalue weighted by Crippen LogP contribution is -2.46. The summed E-state index contributed by atoms with van der Waals surface area (Å²) in [5.74, 6) is -0.869. The molecule has 2 fully saturated rings. The molecule has 0 radical (unpaired) electrons. The Balaban J connectivity index is 1.12. The number of hydrogen-bond acceptors (Lipinski definition) is 8. The third-order valence-corrected chi connectivity index (χ3v) is 10.5. The number of halogens is 4. The van der Waals surface area contributed by atoms with Crippen LogP contribution in [-0.2, 0) is 22.0 Å². The number of aromatic nitrogens is 2. The van der Waals surface area contributed by atoms with Crippen molar-refractivity contribution in [1.29, 1.82) is 0 Å². The lowest BCUT2D eigenvalue weighted by atomic mass is 9.89. The SMILES string of the molecule is CCN1CCN(c2ccc(C(=O)N3CCC(c4ccc(Oc5ccc(C(F)(F)F)nn5)cc4)CC3)cc2NS(=O)(=O)Cc2ccccc2F)CC1. The van der Waals surface area contributed by atoms with Gasteiger partial charge in [0.15, 0.2) is 5.69 Å². The van der Waals surface area contributed by atoms with Crippen LogP contribution < -0.4 is 14.4 Å². The summed E-state index contributed by atoms with van der Waals surface area (Å²) in [6.45, 7) is 6.99. The van der Waals surface area contributed by atoms with E-state index >= 15 is 0 Å². The lowest BCUT2D eigenvalue weighted by Gasteiger charge is -2.36. The number of rotatable bonds is 10. The molecule has 0 bridgehead atoms. The van der Waals surface area contributed by atoms with Crippen molar-refractivity contribution in [3.8, 4) is 11.6 Å². The van der Waals surface area contributed by atoms with Crippen molar-refractivity contribution in [2.24, 2.45) is 0 Å². The quantitative estimate of drug-likeness (QED) is 0.184. The fourth-order valence-corrected chi connectivity index (χ4v) is 7.62. The second kappa shape index (κ2) is 15.2. The minimum absolute atomic E-state index is 0.0498. The molecule has 2 aliphatic heterocycles. The zero-order chi connectivity index (χ0) is 36.2. The number of piperazine rings is 1. The van der Waals surface area contributed by atoms with Crippen molar-refractivity contribution in [2.45, 2.75) is 37.6 Å². The highest BCUT2D eigenvalue weighted by Crippen LogP contribution is 2.34. The van der Waals surface area contributed by atoms with Gasteiger partial charge in [-0.2, -0.15) is 13.2 Å². The van der Waals surface area contributed by atoms with Gasteiger partial charge in [0.1, 0.15) is 11.6 Å². The summed E-state index contributed by atoms with van der Waals surface area (Å²) in [5, 5.41) is 6.67. The standard InChI is InChI=1S/C36H38F4N6O4S/c1-2-44-19-21-45(22-20-44)32-12-9-27(23-31(32)43-51(48,49)24-28-5-3-4-6-30(28)37)35(47)46-17-15-26(16-18-46)25-7-10-29(11-8-25)50-34-14-13-33(41-42-34)36(38,39)40/h3-14,23,26,43H,2,15-22,24H2,1H3. The van der Waals surface area contributed by atoms with Crippen LogP contribution >= 0.6 is 0 Å². The van der Waals surface area contributed by atoms with Gasteiger partial charge in [-0.25, -0.2) is 12.8 Å². The van der Waals surface area contributed by atoms with Crippen LogP contribution in [0.5, 0.6) is 11.6 Å². The smallest absolute Gasteiger partial charge is 0.435 e. The van der Waals surface area contributed by atoms with Crippen molar-refractivity contribution in [3.05, 3.63) is 107 Å². The third kappa shape index (κ3) is 8.95. The Morgan fingerprint density at radius 1 is 0.902 bits per heavy atom. The Morgan fingerprint density at radius 3 is 2.24 bits per heavy atom. The number of sulfonamides is 1. The van der Waals surface area contributed by atoms with Crippen LogP contribution in [0.15, 0.2) is 78.9 Å². The predicted molar refractivity (Wildman–Crippen MR) is 185 cm³/mol. The third-order valence-electron chi connectivity index (χ3n) is 9.26. The van der Waals surface area contributed by atoms with Gasteiger partial charge in [-0.1, -0.05) is 37.3 Å². The van der Waals surface area contributed by atoms with E-state index in [4.69, 9.17) is 4.74 Å². The Labute approximate surface area is 294 Å². The molecule has 3 aromatic carbocycles. The van der Waals surface area contributed by atoms with Gasteiger partial charge in [-0.05, 0) is 73.3 Å². The number of alkyl halides is 3. The highest BCUT2D eigenvalue weighted by molar-refractivity contribution is 7.91. The molecule has 51 heavy (non-hydrogen) atoms. The highest BCUT2D eigenvalue weighted by Gasteiger charge is 2.33. The predicted octanol–water partition coefficient (Wildman–Crippen LogP) is 6.53. The van der Waals surface area contributed by atoms with Gasteiger partial charge in [0.05, 0.1) is 17.1 Å². The molecule has 10 nitrogen and oxygen atoms in total. The van der Waals surface area contributed by atoms with Crippen molar-refractivity contribution in [1.82, 2.24) is 20.0 Å². The van der Waals surface area contributed by atoms with E-state index in [1.807, 2.05) is 12.1 Å². The van der Waals surface area contributed by atoms with Crippen molar-refractivity contribution in [2.75, 3.05) is 55.4 Å². The van der Waals surface area contributed by atoms with Crippen LogP contribution in [0.3, 0.4) is 0 Å². The van der Waals surface area contributed by atoms with E-state index in [0.29, 0.717) is 56.0 Å². The van der Waals surface area contributed by atoms with Crippen LogP contribution in [0, 0.1) is 5.82 Å². The van der Waals surface area contributed by atoms with Gasteiger partial charge in [0.2, 0.25) is 15.9 Å². The van der Waals surface area contributed by atoms with Gasteiger partial charge in [-0.15, -0.1) is 10.2 Å². The number of anilines is 2. The summed E-state index contributed by atoms with van der Waals surface area (Å²) < 4.78 is 87.5. The Morgan fingerprint density at radius 2 is 1.61 bits per heavy atom. The first-order chi connectivity index (χ1) is 24.4. The van der Waals surface area contributed by atoms with E-state index in [1.165, 1.54) is 18.2 Å². The van der Waals surface area contributed by atoms with Gasteiger partial charge in [0.25, 0.3) is 5.91 Å². The number of hydrogen-bond donors (Lipinski definition) is 1. The number of benzene rings is 3. The molecular formula is C36H38F4N6O4S. The molecule has 270 valence electrons. The summed E-state index contributed by atoms with van der Waals surface area (Å²) in [6, 6.07) is 19.9. The molecule has 1 N–H and O–H groups in total. The minimum atomic E-state index is -4.59.